The lowest BCUT2D eigenvalue weighted by molar-refractivity contribution is 0.419. The van der Waals surface area contributed by atoms with Gasteiger partial charge in [0.05, 0.1) is 0 Å². The summed E-state index contributed by atoms with van der Waals surface area (Å²) in [6.07, 6.45) is 4.36. The van der Waals surface area contributed by atoms with E-state index in [0.717, 1.165) is 12.8 Å². The Balaban J connectivity index is 1.98. The van der Waals surface area contributed by atoms with E-state index >= 15 is 0 Å². The molecule has 0 saturated heterocycles. The van der Waals surface area contributed by atoms with Crippen LogP contribution in [-0.2, 0) is 0 Å². The van der Waals surface area contributed by atoms with Crippen LogP contribution in [0, 0.1) is 23.5 Å². The summed E-state index contributed by atoms with van der Waals surface area (Å²) in [6.45, 7) is 4.92. The van der Waals surface area contributed by atoms with E-state index in [-0.39, 0.29) is 5.69 Å². The first-order valence-electron chi connectivity index (χ1n) is 6.41. The Morgan fingerprint density at radius 2 is 1.94 bits per heavy atom. The van der Waals surface area contributed by atoms with Gasteiger partial charge in [-0.05, 0) is 43.7 Å². The first kappa shape index (κ1) is 13.1. The molecule has 98 valence electrons. The largest absolute Gasteiger partial charge is 0.380 e. The number of hydrogen-bond acceptors (Lipinski definition) is 1. The van der Waals surface area contributed by atoms with Crippen molar-refractivity contribution in [1.29, 1.82) is 0 Å². The number of nitrogens with one attached hydrogen (secondary N) is 1. The Bertz CT molecular complexity index is 434. The lowest BCUT2D eigenvalue weighted by Gasteiger charge is -2.26. The second kappa shape index (κ2) is 5.51. The van der Waals surface area contributed by atoms with E-state index in [9.17, 15) is 8.78 Å². The van der Waals surface area contributed by atoms with Gasteiger partial charge in [0.15, 0.2) is 0 Å². The van der Waals surface area contributed by atoms with Crippen LogP contribution in [0.5, 0.6) is 0 Å². The molecule has 0 saturated carbocycles. The fraction of sp³-hybridized carbons (Fsp3) is 0.467. The van der Waals surface area contributed by atoms with Crippen LogP contribution in [0.3, 0.4) is 0 Å². The van der Waals surface area contributed by atoms with Crippen molar-refractivity contribution in [2.75, 3.05) is 11.9 Å². The molecule has 0 heterocycles. The minimum Gasteiger partial charge on any atom is -0.380 e. The van der Waals surface area contributed by atoms with Gasteiger partial charge >= 0.3 is 0 Å². The van der Waals surface area contributed by atoms with Gasteiger partial charge in [-0.1, -0.05) is 24.6 Å². The lowest BCUT2D eigenvalue weighted by atomic mass is 9.84. The molecule has 2 rings (SSSR count). The van der Waals surface area contributed by atoms with E-state index in [1.54, 1.807) is 0 Å². The maximum absolute atomic E-state index is 13.4. The molecule has 2 atom stereocenters. The van der Waals surface area contributed by atoms with Crippen LogP contribution in [0.4, 0.5) is 14.5 Å². The van der Waals surface area contributed by atoms with Crippen LogP contribution < -0.4 is 5.32 Å². The topological polar surface area (TPSA) is 12.0 Å². The maximum Gasteiger partial charge on any atom is 0.149 e. The summed E-state index contributed by atoms with van der Waals surface area (Å²) >= 11 is 0. The van der Waals surface area contributed by atoms with Crippen molar-refractivity contribution >= 4 is 5.69 Å². The first-order chi connectivity index (χ1) is 8.56. The monoisotopic (exact) mass is 251 g/mol. The smallest absolute Gasteiger partial charge is 0.149 e. The average Bonchev–Trinajstić information content (AvgIpc) is 2.27. The Morgan fingerprint density at radius 3 is 2.56 bits per heavy atom. The molecule has 2 unspecified atom stereocenters. The zero-order valence-electron chi connectivity index (χ0n) is 10.8. The van der Waals surface area contributed by atoms with Crippen LogP contribution in [0.15, 0.2) is 29.8 Å². The van der Waals surface area contributed by atoms with Gasteiger partial charge < -0.3 is 5.32 Å². The number of allylic oxidation sites excluding steroid dienone is 2. The number of rotatable bonds is 3. The molecule has 1 nitrogen and oxygen atoms in total. The van der Waals surface area contributed by atoms with Gasteiger partial charge in [-0.15, -0.1) is 0 Å². The highest BCUT2D eigenvalue weighted by Gasteiger charge is 2.18. The Labute approximate surface area is 107 Å². The molecule has 1 aromatic rings. The van der Waals surface area contributed by atoms with Crippen molar-refractivity contribution in [3.63, 3.8) is 0 Å². The van der Waals surface area contributed by atoms with Crippen molar-refractivity contribution < 1.29 is 8.78 Å². The Kier molecular flexibility index (Phi) is 4.00. The standard InChI is InChI=1S/C15H19F2N/c1-10-6-11(2)8-12(7-10)9-18-15-13(16)4-3-5-14(15)17/h3-6,10,12,18H,7-9H2,1-2H3. The van der Waals surface area contributed by atoms with Crippen molar-refractivity contribution in [2.24, 2.45) is 11.8 Å². The number of para-hydroxylation sites is 1. The zero-order valence-corrected chi connectivity index (χ0v) is 10.8. The third kappa shape index (κ3) is 3.09. The molecule has 1 N–H and O–H groups in total. The second-order valence-corrected chi connectivity index (χ2v) is 5.27. The van der Waals surface area contributed by atoms with Gasteiger partial charge in [-0.2, -0.15) is 0 Å². The van der Waals surface area contributed by atoms with Crippen LogP contribution >= 0.6 is 0 Å². The molecule has 1 aliphatic rings. The Hall–Kier alpha value is -1.38. The van der Waals surface area contributed by atoms with Crippen LogP contribution in [0.1, 0.15) is 26.7 Å². The quantitative estimate of drug-likeness (QED) is 0.787. The molecule has 0 spiro atoms. The highest BCUT2D eigenvalue weighted by Crippen LogP contribution is 2.28. The number of anilines is 1. The first-order valence-corrected chi connectivity index (χ1v) is 6.41. The number of hydrogen-bond donors (Lipinski definition) is 1. The number of halogens is 2. The highest BCUT2D eigenvalue weighted by atomic mass is 19.1. The van der Waals surface area contributed by atoms with Gasteiger partial charge in [0.2, 0.25) is 0 Å². The number of benzene rings is 1. The second-order valence-electron chi connectivity index (χ2n) is 5.27. The summed E-state index contributed by atoms with van der Waals surface area (Å²) in [5.41, 5.74) is 1.37. The molecule has 1 aromatic carbocycles. The molecule has 3 heteroatoms. The highest BCUT2D eigenvalue weighted by molar-refractivity contribution is 5.46. The molecule has 0 fully saturated rings. The summed E-state index contributed by atoms with van der Waals surface area (Å²) in [5, 5.41) is 2.91. The SMILES string of the molecule is CC1=CC(C)CC(CNc2c(F)cccc2F)C1. The summed E-state index contributed by atoms with van der Waals surface area (Å²) < 4.78 is 26.9. The summed E-state index contributed by atoms with van der Waals surface area (Å²) in [7, 11) is 0. The van der Waals surface area contributed by atoms with Crippen molar-refractivity contribution in [1.82, 2.24) is 0 Å². The van der Waals surface area contributed by atoms with E-state index in [1.165, 1.54) is 23.8 Å². The fourth-order valence-corrected chi connectivity index (χ4v) is 2.75. The molecule has 0 aliphatic heterocycles. The predicted molar refractivity (Wildman–Crippen MR) is 70.5 cm³/mol. The van der Waals surface area contributed by atoms with Crippen molar-refractivity contribution in [3.05, 3.63) is 41.5 Å². The van der Waals surface area contributed by atoms with E-state index in [0.29, 0.717) is 18.4 Å². The third-order valence-corrected chi connectivity index (χ3v) is 3.42. The van der Waals surface area contributed by atoms with E-state index in [1.807, 2.05) is 0 Å². The summed E-state index contributed by atoms with van der Waals surface area (Å²) in [4.78, 5) is 0. The molecule has 0 aromatic heterocycles. The third-order valence-electron chi connectivity index (χ3n) is 3.42. The van der Waals surface area contributed by atoms with Crippen LogP contribution in [0.2, 0.25) is 0 Å². The van der Waals surface area contributed by atoms with Crippen molar-refractivity contribution in [2.45, 2.75) is 26.7 Å². The molecule has 0 amide bonds. The van der Waals surface area contributed by atoms with Crippen molar-refractivity contribution in [3.8, 4) is 0 Å². The molecule has 0 bridgehead atoms. The van der Waals surface area contributed by atoms with Crippen LogP contribution in [-0.4, -0.2) is 6.54 Å². The molecular weight excluding hydrogens is 232 g/mol. The van der Waals surface area contributed by atoms with Crippen LogP contribution in [0.25, 0.3) is 0 Å². The van der Waals surface area contributed by atoms with E-state index in [2.05, 4.69) is 25.2 Å². The molecular formula is C15H19F2N. The molecule has 0 radical (unpaired) electrons. The van der Waals surface area contributed by atoms with Gasteiger partial charge in [0, 0.05) is 6.54 Å². The Morgan fingerprint density at radius 1 is 1.28 bits per heavy atom. The van der Waals surface area contributed by atoms with E-state index in [4.69, 9.17) is 0 Å². The van der Waals surface area contributed by atoms with Gasteiger partial charge in [-0.25, -0.2) is 8.78 Å². The van der Waals surface area contributed by atoms with Gasteiger partial charge in [0.25, 0.3) is 0 Å². The lowest BCUT2D eigenvalue weighted by Crippen LogP contribution is -2.21. The summed E-state index contributed by atoms with van der Waals surface area (Å²) in [6, 6.07) is 3.94. The normalized spacial score (nSPS) is 23.7. The minimum absolute atomic E-state index is 0.00245. The van der Waals surface area contributed by atoms with E-state index < -0.39 is 11.6 Å². The maximum atomic E-state index is 13.4. The summed E-state index contributed by atoms with van der Waals surface area (Å²) in [5.74, 6) is -0.0442. The van der Waals surface area contributed by atoms with Gasteiger partial charge in [-0.3, -0.25) is 0 Å². The predicted octanol–water partition coefficient (Wildman–Crippen LogP) is 4.37. The van der Waals surface area contributed by atoms with Gasteiger partial charge in [0.1, 0.15) is 17.3 Å². The molecule has 18 heavy (non-hydrogen) atoms. The minimum atomic E-state index is -0.522. The molecule has 1 aliphatic carbocycles. The zero-order chi connectivity index (χ0) is 13.1. The fourth-order valence-electron chi connectivity index (χ4n) is 2.75. The average molecular weight is 251 g/mol.